The second-order valence-corrected chi connectivity index (χ2v) is 5.87. The molecule has 1 fully saturated rings. The van der Waals surface area contributed by atoms with Gasteiger partial charge in [-0.2, -0.15) is 0 Å². The summed E-state index contributed by atoms with van der Waals surface area (Å²) in [4.78, 5) is 5.11. The number of nitrogens with two attached hydrogens (primary N) is 1. The lowest BCUT2D eigenvalue weighted by molar-refractivity contribution is 0.159. The molecule has 1 heterocycles. The highest BCUT2D eigenvalue weighted by molar-refractivity contribution is 5.19. The maximum atomic E-state index is 5.83. The molecule has 2 rings (SSSR count). The number of likely N-dealkylation sites (tertiary alicyclic amines) is 1. The van der Waals surface area contributed by atoms with Crippen LogP contribution in [0.4, 0.5) is 0 Å². The van der Waals surface area contributed by atoms with Gasteiger partial charge in [-0.3, -0.25) is 9.80 Å². The van der Waals surface area contributed by atoms with E-state index < -0.39 is 0 Å². The molecule has 0 saturated carbocycles. The summed E-state index contributed by atoms with van der Waals surface area (Å²) in [7, 11) is 2.25. The first kappa shape index (κ1) is 15.5. The van der Waals surface area contributed by atoms with Crippen LogP contribution in [-0.4, -0.2) is 49.1 Å². The van der Waals surface area contributed by atoms with Gasteiger partial charge >= 0.3 is 0 Å². The molecule has 1 aliphatic rings. The van der Waals surface area contributed by atoms with Crippen molar-refractivity contribution in [3.05, 3.63) is 35.9 Å². The summed E-state index contributed by atoms with van der Waals surface area (Å²) < 4.78 is 0. The smallest absolute Gasteiger partial charge is 0.0357 e. The molecule has 1 aromatic rings. The van der Waals surface area contributed by atoms with Crippen LogP contribution in [-0.2, 0) is 0 Å². The van der Waals surface area contributed by atoms with E-state index in [-0.39, 0.29) is 0 Å². The Bertz CT molecular complexity index is 379. The summed E-state index contributed by atoms with van der Waals surface area (Å²) in [5.74, 6) is 0. The first-order valence-corrected chi connectivity index (χ1v) is 7.95. The Morgan fingerprint density at radius 2 is 2.10 bits per heavy atom. The van der Waals surface area contributed by atoms with Gasteiger partial charge in [-0.1, -0.05) is 37.3 Å². The Hall–Kier alpha value is -0.900. The molecule has 112 valence electrons. The van der Waals surface area contributed by atoms with Crippen molar-refractivity contribution < 1.29 is 0 Å². The Kier molecular flexibility index (Phi) is 6.02. The molecule has 0 spiro atoms. The molecule has 0 aromatic heterocycles. The zero-order chi connectivity index (χ0) is 14.4. The standard InChI is InChI=1S/C17H29N3/c1-3-20-13-7-10-16(20)14-19(2)17(11-12-18)15-8-5-4-6-9-15/h4-6,8-9,16-17H,3,7,10-14,18H2,1-2H3. The highest BCUT2D eigenvalue weighted by atomic mass is 15.2. The number of likely N-dealkylation sites (N-methyl/N-ethyl adjacent to an activating group) is 2. The molecule has 1 saturated heterocycles. The quantitative estimate of drug-likeness (QED) is 0.830. The average molecular weight is 275 g/mol. The largest absolute Gasteiger partial charge is 0.330 e. The van der Waals surface area contributed by atoms with E-state index >= 15 is 0 Å². The fourth-order valence-corrected chi connectivity index (χ4v) is 3.45. The highest BCUT2D eigenvalue weighted by Crippen LogP contribution is 2.25. The van der Waals surface area contributed by atoms with Crippen molar-refractivity contribution in [2.45, 2.75) is 38.3 Å². The number of benzene rings is 1. The Balaban J connectivity index is 2.02. The molecule has 2 unspecified atom stereocenters. The van der Waals surface area contributed by atoms with E-state index in [0.717, 1.165) is 19.5 Å². The van der Waals surface area contributed by atoms with Crippen LogP contribution in [0.25, 0.3) is 0 Å². The Morgan fingerprint density at radius 3 is 2.75 bits per heavy atom. The van der Waals surface area contributed by atoms with Gasteiger partial charge in [0.1, 0.15) is 0 Å². The van der Waals surface area contributed by atoms with Crippen molar-refractivity contribution in [3.63, 3.8) is 0 Å². The third-order valence-electron chi connectivity index (χ3n) is 4.56. The van der Waals surface area contributed by atoms with Crippen LogP contribution in [0.15, 0.2) is 30.3 Å². The molecule has 0 bridgehead atoms. The van der Waals surface area contributed by atoms with E-state index in [1.165, 1.54) is 31.5 Å². The molecular formula is C17H29N3. The normalized spacial score (nSPS) is 21.5. The summed E-state index contributed by atoms with van der Waals surface area (Å²) in [5, 5.41) is 0. The molecule has 0 amide bonds. The molecule has 1 aromatic carbocycles. The summed E-state index contributed by atoms with van der Waals surface area (Å²) in [6, 6.07) is 11.9. The summed E-state index contributed by atoms with van der Waals surface area (Å²) in [5.41, 5.74) is 7.22. The van der Waals surface area contributed by atoms with Crippen molar-refractivity contribution in [1.29, 1.82) is 0 Å². The average Bonchev–Trinajstić information content (AvgIpc) is 2.92. The zero-order valence-electron chi connectivity index (χ0n) is 13.0. The molecule has 20 heavy (non-hydrogen) atoms. The second-order valence-electron chi connectivity index (χ2n) is 5.87. The van der Waals surface area contributed by atoms with E-state index in [9.17, 15) is 0 Å². The van der Waals surface area contributed by atoms with E-state index in [1.54, 1.807) is 0 Å². The Labute approximate surface area is 123 Å². The first-order valence-electron chi connectivity index (χ1n) is 7.95. The lowest BCUT2D eigenvalue weighted by Crippen LogP contribution is -2.40. The predicted molar refractivity (Wildman–Crippen MR) is 85.8 cm³/mol. The monoisotopic (exact) mass is 275 g/mol. The maximum absolute atomic E-state index is 5.83. The van der Waals surface area contributed by atoms with Gasteiger partial charge in [0.2, 0.25) is 0 Å². The van der Waals surface area contributed by atoms with Gasteiger partial charge in [0, 0.05) is 18.6 Å². The molecule has 0 aliphatic carbocycles. The molecule has 2 N–H and O–H groups in total. The first-order chi connectivity index (χ1) is 9.76. The lowest BCUT2D eigenvalue weighted by atomic mass is 10.0. The van der Waals surface area contributed by atoms with Gasteiger partial charge in [0.05, 0.1) is 0 Å². The van der Waals surface area contributed by atoms with E-state index in [2.05, 4.69) is 54.1 Å². The molecule has 3 nitrogen and oxygen atoms in total. The van der Waals surface area contributed by atoms with Crippen molar-refractivity contribution >= 4 is 0 Å². The fraction of sp³-hybridized carbons (Fsp3) is 0.647. The minimum Gasteiger partial charge on any atom is -0.330 e. The van der Waals surface area contributed by atoms with Crippen molar-refractivity contribution in [2.24, 2.45) is 5.73 Å². The van der Waals surface area contributed by atoms with Crippen LogP contribution in [0, 0.1) is 0 Å². The number of hydrogen-bond acceptors (Lipinski definition) is 3. The van der Waals surface area contributed by atoms with E-state index in [0.29, 0.717) is 12.1 Å². The van der Waals surface area contributed by atoms with Gasteiger partial charge in [0.15, 0.2) is 0 Å². The predicted octanol–water partition coefficient (Wildman–Crippen LogP) is 2.49. The summed E-state index contributed by atoms with van der Waals surface area (Å²) >= 11 is 0. The van der Waals surface area contributed by atoms with Crippen LogP contribution in [0.5, 0.6) is 0 Å². The highest BCUT2D eigenvalue weighted by Gasteiger charge is 2.26. The van der Waals surface area contributed by atoms with Gasteiger partial charge in [0.25, 0.3) is 0 Å². The van der Waals surface area contributed by atoms with E-state index in [4.69, 9.17) is 5.73 Å². The number of nitrogens with zero attached hydrogens (tertiary/aromatic N) is 2. The molecule has 1 aliphatic heterocycles. The van der Waals surface area contributed by atoms with Crippen LogP contribution in [0.2, 0.25) is 0 Å². The molecular weight excluding hydrogens is 246 g/mol. The molecule has 2 atom stereocenters. The maximum Gasteiger partial charge on any atom is 0.0357 e. The summed E-state index contributed by atoms with van der Waals surface area (Å²) in [6.07, 6.45) is 3.71. The SMILES string of the molecule is CCN1CCCC1CN(C)C(CCN)c1ccccc1. The third-order valence-corrected chi connectivity index (χ3v) is 4.56. The summed E-state index contributed by atoms with van der Waals surface area (Å²) in [6.45, 7) is 6.60. The van der Waals surface area contributed by atoms with Crippen molar-refractivity contribution in [1.82, 2.24) is 9.80 Å². The number of hydrogen-bond donors (Lipinski definition) is 1. The second kappa shape index (κ2) is 7.77. The van der Waals surface area contributed by atoms with Gasteiger partial charge in [-0.15, -0.1) is 0 Å². The van der Waals surface area contributed by atoms with Crippen LogP contribution in [0.3, 0.4) is 0 Å². The fourth-order valence-electron chi connectivity index (χ4n) is 3.45. The van der Waals surface area contributed by atoms with Crippen LogP contribution >= 0.6 is 0 Å². The minimum atomic E-state index is 0.445. The van der Waals surface area contributed by atoms with Crippen molar-refractivity contribution in [3.8, 4) is 0 Å². The minimum absolute atomic E-state index is 0.445. The third kappa shape index (κ3) is 3.81. The Morgan fingerprint density at radius 1 is 1.35 bits per heavy atom. The van der Waals surface area contributed by atoms with Gasteiger partial charge < -0.3 is 5.73 Å². The lowest BCUT2D eigenvalue weighted by Gasteiger charge is -2.33. The van der Waals surface area contributed by atoms with Gasteiger partial charge in [-0.25, -0.2) is 0 Å². The molecule has 3 heteroatoms. The molecule has 0 radical (unpaired) electrons. The van der Waals surface area contributed by atoms with Crippen LogP contribution < -0.4 is 5.73 Å². The number of rotatable bonds is 7. The zero-order valence-corrected chi connectivity index (χ0v) is 13.0. The van der Waals surface area contributed by atoms with Crippen molar-refractivity contribution in [2.75, 3.05) is 33.2 Å². The topological polar surface area (TPSA) is 32.5 Å². The van der Waals surface area contributed by atoms with E-state index in [1.807, 2.05) is 0 Å². The van der Waals surface area contributed by atoms with Gasteiger partial charge in [-0.05, 0) is 51.5 Å². The van der Waals surface area contributed by atoms with Crippen LogP contribution in [0.1, 0.15) is 37.8 Å².